The lowest BCUT2D eigenvalue weighted by molar-refractivity contribution is 0.923. The van der Waals surface area contributed by atoms with E-state index in [1.807, 2.05) is 0 Å². The smallest absolute Gasteiger partial charge is 0.104 e. The highest BCUT2D eigenvalue weighted by Crippen LogP contribution is 2.26. The van der Waals surface area contributed by atoms with Gasteiger partial charge in [-0.25, -0.2) is 0 Å². The number of fused-ring (bicyclic) bond motifs is 1. The van der Waals surface area contributed by atoms with Crippen LogP contribution in [0.15, 0.2) is 47.5 Å². The number of nitrogens with zero attached hydrogens (tertiary/aromatic N) is 1. The molecule has 1 N–H and O–H groups in total. The second kappa shape index (κ2) is 4.21. The molecule has 0 saturated heterocycles. The molecule has 2 heteroatoms. The molecule has 0 aliphatic carbocycles. The van der Waals surface area contributed by atoms with Gasteiger partial charge in [0.15, 0.2) is 0 Å². The van der Waals surface area contributed by atoms with Crippen LogP contribution in [0.1, 0.15) is 18.4 Å². The summed E-state index contributed by atoms with van der Waals surface area (Å²) in [7, 11) is 0. The highest BCUT2D eigenvalue weighted by Gasteiger charge is 2.17. The van der Waals surface area contributed by atoms with E-state index in [4.69, 9.17) is 0 Å². The Labute approximate surface area is 101 Å². The Kier molecular flexibility index (Phi) is 2.56. The van der Waals surface area contributed by atoms with Crippen LogP contribution < -0.4 is 5.32 Å². The molecule has 1 aliphatic rings. The first kappa shape index (κ1) is 10.3. The van der Waals surface area contributed by atoms with Crippen LogP contribution in [0.2, 0.25) is 0 Å². The van der Waals surface area contributed by atoms with Crippen molar-refractivity contribution in [3.63, 3.8) is 0 Å². The van der Waals surface area contributed by atoms with Gasteiger partial charge in [0.1, 0.15) is 5.84 Å². The minimum atomic E-state index is 0.351. The lowest BCUT2D eigenvalue weighted by Crippen LogP contribution is -2.24. The molecule has 3 rings (SSSR count). The molecular formula is C15H16N2. The molecule has 0 amide bonds. The van der Waals surface area contributed by atoms with Gasteiger partial charge in [-0.2, -0.15) is 0 Å². The molecule has 17 heavy (non-hydrogen) atoms. The maximum Gasteiger partial charge on any atom is 0.104 e. The molecule has 0 spiro atoms. The van der Waals surface area contributed by atoms with Gasteiger partial charge in [-0.1, -0.05) is 49.4 Å². The molecule has 0 bridgehead atoms. The van der Waals surface area contributed by atoms with E-state index in [0.29, 0.717) is 5.92 Å². The zero-order chi connectivity index (χ0) is 11.7. The summed E-state index contributed by atoms with van der Waals surface area (Å²) in [6, 6.07) is 15.0. The third kappa shape index (κ3) is 1.80. The third-order valence-electron chi connectivity index (χ3n) is 3.40. The van der Waals surface area contributed by atoms with Crippen molar-refractivity contribution in [1.82, 2.24) is 5.32 Å². The van der Waals surface area contributed by atoms with Crippen molar-refractivity contribution in [3.8, 4) is 0 Å². The van der Waals surface area contributed by atoms with Gasteiger partial charge < -0.3 is 5.32 Å². The molecular weight excluding hydrogens is 208 g/mol. The predicted molar refractivity (Wildman–Crippen MR) is 72.7 cm³/mol. The van der Waals surface area contributed by atoms with Crippen LogP contribution in [0, 0.1) is 0 Å². The highest BCUT2D eigenvalue weighted by molar-refractivity contribution is 5.95. The fourth-order valence-corrected chi connectivity index (χ4v) is 2.48. The van der Waals surface area contributed by atoms with Crippen molar-refractivity contribution in [3.05, 3.63) is 48.0 Å². The van der Waals surface area contributed by atoms with Crippen LogP contribution >= 0.6 is 0 Å². The molecule has 2 aromatic carbocycles. The molecule has 0 fully saturated rings. The van der Waals surface area contributed by atoms with Gasteiger partial charge in [0.2, 0.25) is 0 Å². The quantitative estimate of drug-likeness (QED) is 0.833. The highest BCUT2D eigenvalue weighted by atomic mass is 15.1. The molecule has 0 saturated carbocycles. The van der Waals surface area contributed by atoms with Crippen LogP contribution in [0.3, 0.4) is 0 Å². The average Bonchev–Trinajstić information content (AvgIpc) is 2.91. The summed E-state index contributed by atoms with van der Waals surface area (Å²) in [6.45, 7) is 4.10. The van der Waals surface area contributed by atoms with Gasteiger partial charge >= 0.3 is 0 Å². The third-order valence-corrected chi connectivity index (χ3v) is 3.40. The zero-order valence-corrected chi connectivity index (χ0v) is 9.98. The maximum absolute atomic E-state index is 4.52. The van der Waals surface area contributed by atoms with Gasteiger partial charge in [0, 0.05) is 12.5 Å². The van der Waals surface area contributed by atoms with Crippen molar-refractivity contribution in [1.29, 1.82) is 0 Å². The van der Waals surface area contributed by atoms with Crippen molar-refractivity contribution >= 4 is 16.6 Å². The molecule has 1 atom stereocenters. The number of hydrogen-bond acceptors (Lipinski definition) is 2. The van der Waals surface area contributed by atoms with Crippen LogP contribution in [0.4, 0.5) is 0 Å². The van der Waals surface area contributed by atoms with Crippen LogP contribution in [0.5, 0.6) is 0 Å². The fraction of sp³-hybridized carbons (Fsp3) is 0.267. The second-order valence-corrected chi connectivity index (χ2v) is 4.48. The lowest BCUT2D eigenvalue weighted by atomic mass is 9.94. The predicted octanol–water partition coefficient (Wildman–Crippen LogP) is 2.95. The molecule has 1 unspecified atom stereocenters. The molecule has 0 radical (unpaired) electrons. The minimum absolute atomic E-state index is 0.351. The topological polar surface area (TPSA) is 24.4 Å². The summed E-state index contributed by atoms with van der Waals surface area (Å²) in [5.74, 6) is 1.48. The molecule has 2 nitrogen and oxygen atoms in total. The number of hydrogen-bond donors (Lipinski definition) is 1. The van der Waals surface area contributed by atoms with E-state index in [9.17, 15) is 0 Å². The number of rotatable bonds is 2. The normalized spacial score (nSPS) is 16.6. The van der Waals surface area contributed by atoms with Crippen LogP contribution in [0.25, 0.3) is 10.8 Å². The molecule has 1 aliphatic heterocycles. The summed E-state index contributed by atoms with van der Waals surface area (Å²) < 4.78 is 0. The molecule has 2 aromatic rings. The first-order valence-corrected chi connectivity index (χ1v) is 6.12. The number of benzene rings is 2. The lowest BCUT2D eigenvalue weighted by Gasteiger charge is -2.15. The summed E-state index contributed by atoms with van der Waals surface area (Å²) in [5, 5.41) is 6.00. The van der Waals surface area contributed by atoms with Gasteiger partial charge in [-0.3, -0.25) is 4.99 Å². The average molecular weight is 224 g/mol. The number of aliphatic imine (C=N–C) groups is 1. The fourth-order valence-electron chi connectivity index (χ4n) is 2.48. The minimum Gasteiger partial charge on any atom is -0.371 e. The van der Waals surface area contributed by atoms with Crippen molar-refractivity contribution in [2.45, 2.75) is 12.8 Å². The second-order valence-electron chi connectivity index (χ2n) is 4.48. The Balaban J connectivity index is 2.10. The Morgan fingerprint density at radius 1 is 1.12 bits per heavy atom. The standard InChI is InChI=1S/C15H16N2/c1-11(15-16-9-10-17-15)13-8-4-6-12-5-2-3-7-14(12)13/h2-8,11H,9-10H2,1H3,(H,16,17). The van der Waals surface area contributed by atoms with Gasteiger partial charge in [-0.15, -0.1) is 0 Å². The monoisotopic (exact) mass is 224 g/mol. The zero-order valence-electron chi connectivity index (χ0n) is 9.98. The van der Waals surface area contributed by atoms with E-state index >= 15 is 0 Å². The first-order chi connectivity index (χ1) is 8.36. The Morgan fingerprint density at radius 2 is 1.94 bits per heavy atom. The van der Waals surface area contributed by atoms with E-state index < -0.39 is 0 Å². The van der Waals surface area contributed by atoms with E-state index in [-0.39, 0.29) is 0 Å². The van der Waals surface area contributed by atoms with Crippen molar-refractivity contribution < 1.29 is 0 Å². The summed E-state index contributed by atoms with van der Waals surface area (Å²) >= 11 is 0. The van der Waals surface area contributed by atoms with Gasteiger partial charge in [0.25, 0.3) is 0 Å². The largest absolute Gasteiger partial charge is 0.371 e. The van der Waals surface area contributed by atoms with E-state index in [2.05, 4.69) is 59.7 Å². The summed E-state index contributed by atoms with van der Waals surface area (Å²) in [6.07, 6.45) is 0. The van der Waals surface area contributed by atoms with Gasteiger partial charge in [0.05, 0.1) is 6.54 Å². The van der Waals surface area contributed by atoms with Crippen LogP contribution in [-0.2, 0) is 0 Å². The number of nitrogens with one attached hydrogen (secondary N) is 1. The number of amidine groups is 1. The molecule has 86 valence electrons. The molecule has 0 aromatic heterocycles. The van der Waals surface area contributed by atoms with Crippen molar-refractivity contribution in [2.75, 3.05) is 13.1 Å². The summed E-state index contributed by atoms with van der Waals surface area (Å²) in [5.41, 5.74) is 1.36. The SMILES string of the molecule is CC(C1=NCCN1)c1cccc2ccccc12. The maximum atomic E-state index is 4.52. The van der Waals surface area contributed by atoms with E-state index in [1.165, 1.54) is 16.3 Å². The Hall–Kier alpha value is -1.83. The first-order valence-electron chi connectivity index (χ1n) is 6.12. The van der Waals surface area contributed by atoms with E-state index in [0.717, 1.165) is 18.9 Å². The molecule has 1 heterocycles. The van der Waals surface area contributed by atoms with Crippen molar-refractivity contribution in [2.24, 2.45) is 4.99 Å². The Bertz CT molecular complexity index is 567. The van der Waals surface area contributed by atoms with Crippen LogP contribution in [-0.4, -0.2) is 18.9 Å². The Morgan fingerprint density at radius 3 is 2.76 bits per heavy atom. The summed E-state index contributed by atoms with van der Waals surface area (Å²) in [4.78, 5) is 4.52. The van der Waals surface area contributed by atoms with E-state index in [1.54, 1.807) is 0 Å². The van der Waals surface area contributed by atoms with Gasteiger partial charge in [-0.05, 0) is 16.3 Å².